The van der Waals surface area contributed by atoms with Crippen molar-refractivity contribution in [3.63, 3.8) is 0 Å². The van der Waals surface area contributed by atoms with Gasteiger partial charge in [-0.1, -0.05) is 32.4 Å². The third kappa shape index (κ3) is 2.85. The van der Waals surface area contributed by atoms with Crippen molar-refractivity contribution in [2.45, 2.75) is 72.5 Å². The van der Waals surface area contributed by atoms with Crippen LogP contribution < -0.4 is 0 Å². The van der Waals surface area contributed by atoms with E-state index in [0.29, 0.717) is 18.4 Å². The van der Waals surface area contributed by atoms with Crippen molar-refractivity contribution >= 4 is 11.8 Å². The summed E-state index contributed by atoms with van der Waals surface area (Å²) in [6.45, 7) is 11.5. The fourth-order valence-corrected chi connectivity index (χ4v) is 4.21. The van der Waals surface area contributed by atoms with Gasteiger partial charge in [-0.3, -0.25) is 4.79 Å². The lowest BCUT2D eigenvalue weighted by molar-refractivity contribution is -0.192. The maximum absolute atomic E-state index is 12.3. The largest absolute Gasteiger partial charge is 0.452 e. The van der Waals surface area contributed by atoms with Crippen LogP contribution >= 0.6 is 0 Å². The molecular formula is C20H30O4. The first-order chi connectivity index (χ1) is 11.1. The molecule has 0 amide bonds. The van der Waals surface area contributed by atoms with Gasteiger partial charge >= 0.3 is 5.97 Å². The summed E-state index contributed by atoms with van der Waals surface area (Å²) < 4.78 is 5.68. The zero-order chi connectivity index (χ0) is 18.3. The predicted molar refractivity (Wildman–Crippen MR) is 93.3 cm³/mol. The van der Waals surface area contributed by atoms with Gasteiger partial charge in [0.2, 0.25) is 0 Å². The summed E-state index contributed by atoms with van der Waals surface area (Å²) in [7, 11) is 0. The lowest BCUT2D eigenvalue weighted by Gasteiger charge is -2.56. The van der Waals surface area contributed by atoms with Crippen LogP contribution in [0.3, 0.4) is 0 Å². The topological polar surface area (TPSA) is 63.6 Å². The Kier molecular flexibility index (Phi) is 5.10. The molecule has 1 saturated carbocycles. The molecule has 2 aliphatic carbocycles. The standard InChI is InChI=1S/C20H30O4/c1-7-13(4)18(22)24-17-10-14(5)19(6)9-8-15(21)11-16(19)20(17,23)12(2)3/h7,10,12,16-17,23H,8-9,11H2,1-6H3/b13-7-/t16-,17-,19+,20-/m1/s1. The molecule has 0 aromatic carbocycles. The molecule has 0 heterocycles. The highest BCUT2D eigenvalue weighted by Gasteiger charge is 2.59. The molecule has 0 radical (unpaired) electrons. The van der Waals surface area contributed by atoms with E-state index in [4.69, 9.17) is 4.74 Å². The van der Waals surface area contributed by atoms with Crippen LogP contribution in [0.15, 0.2) is 23.3 Å². The number of carbonyl (C=O) groups excluding carboxylic acids is 2. The molecule has 4 atom stereocenters. The first-order valence-corrected chi connectivity index (χ1v) is 8.84. The van der Waals surface area contributed by atoms with Gasteiger partial charge in [-0.05, 0) is 44.6 Å². The minimum absolute atomic E-state index is 0.138. The molecule has 0 aromatic heterocycles. The van der Waals surface area contributed by atoms with E-state index < -0.39 is 17.7 Å². The first kappa shape index (κ1) is 18.9. The fraction of sp³-hybridized carbons (Fsp3) is 0.700. The van der Waals surface area contributed by atoms with E-state index in [0.717, 1.165) is 12.0 Å². The molecule has 0 aromatic rings. The van der Waals surface area contributed by atoms with E-state index >= 15 is 0 Å². The molecule has 0 bridgehead atoms. The van der Waals surface area contributed by atoms with Gasteiger partial charge in [-0.15, -0.1) is 0 Å². The van der Waals surface area contributed by atoms with Crippen LogP contribution in [0.25, 0.3) is 0 Å². The Labute approximate surface area is 145 Å². The summed E-state index contributed by atoms with van der Waals surface area (Å²) in [5.74, 6) is -0.613. The summed E-state index contributed by atoms with van der Waals surface area (Å²) in [5.41, 5.74) is 0.140. The second kappa shape index (κ2) is 6.47. The molecule has 4 nitrogen and oxygen atoms in total. The number of hydrogen-bond acceptors (Lipinski definition) is 4. The number of rotatable bonds is 3. The zero-order valence-electron chi connectivity index (χ0n) is 15.7. The van der Waals surface area contributed by atoms with Crippen LogP contribution in [0, 0.1) is 17.3 Å². The van der Waals surface area contributed by atoms with Crippen LogP contribution in [0.5, 0.6) is 0 Å². The van der Waals surface area contributed by atoms with Gasteiger partial charge in [0, 0.05) is 24.3 Å². The number of allylic oxidation sites excluding steroid dienone is 2. The van der Waals surface area contributed by atoms with Gasteiger partial charge < -0.3 is 9.84 Å². The minimum atomic E-state index is -1.24. The minimum Gasteiger partial charge on any atom is -0.452 e. The SMILES string of the molecule is C/C=C(/C)C(=O)O[C@@H]1C=C(C)[C@]2(C)CCC(=O)C[C@H]2[C@]1(O)C(C)C. The maximum atomic E-state index is 12.3. The van der Waals surface area contributed by atoms with E-state index in [9.17, 15) is 14.7 Å². The molecular weight excluding hydrogens is 304 g/mol. The number of Topliss-reactive ketones (excluding diaryl/α,β-unsaturated/α-hetero) is 1. The van der Waals surface area contributed by atoms with Crippen LogP contribution in [0.4, 0.5) is 0 Å². The molecule has 0 aliphatic heterocycles. The monoisotopic (exact) mass is 334 g/mol. The zero-order valence-corrected chi connectivity index (χ0v) is 15.7. The molecule has 1 N–H and O–H groups in total. The molecule has 2 rings (SSSR count). The second-order valence-electron chi connectivity index (χ2n) is 7.90. The Balaban J connectivity index is 2.50. The number of esters is 1. The average Bonchev–Trinajstić information content (AvgIpc) is 2.53. The van der Waals surface area contributed by atoms with Gasteiger partial charge in [0.15, 0.2) is 0 Å². The number of ether oxygens (including phenoxy) is 1. The normalized spacial score (nSPS) is 37.1. The highest BCUT2D eigenvalue weighted by Crippen LogP contribution is 2.56. The van der Waals surface area contributed by atoms with Crippen molar-refractivity contribution in [1.29, 1.82) is 0 Å². The van der Waals surface area contributed by atoms with Crippen molar-refractivity contribution in [2.75, 3.05) is 0 Å². The molecule has 0 saturated heterocycles. The summed E-state index contributed by atoms with van der Waals surface area (Å²) in [6, 6.07) is 0. The summed E-state index contributed by atoms with van der Waals surface area (Å²) in [5, 5.41) is 11.6. The summed E-state index contributed by atoms with van der Waals surface area (Å²) >= 11 is 0. The number of carbonyl (C=O) groups is 2. The number of hydrogen-bond donors (Lipinski definition) is 1. The number of ketones is 1. The Morgan fingerprint density at radius 1 is 1.46 bits per heavy atom. The molecule has 0 unspecified atom stereocenters. The lowest BCUT2D eigenvalue weighted by Crippen LogP contribution is -2.62. The maximum Gasteiger partial charge on any atom is 0.334 e. The molecule has 0 spiro atoms. The Hall–Kier alpha value is -1.42. The van der Waals surface area contributed by atoms with Crippen LogP contribution in [0.2, 0.25) is 0 Å². The molecule has 1 fully saturated rings. The van der Waals surface area contributed by atoms with Gasteiger partial charge in [0.1, 0.15) is 17.5 Å². The van der Waals surface area contributed by atoms with E-state index in [1.807, 2.05) is 26.8 Å². The number of fused-ring (bicyclic) bond motifs is 1. The fourth-order valence-electron chi connectivity index (χ4n) is 4.21. The predicted octanol–water partition coefficient (Wildman–Crippen LogP) is 3.59. The molecule has 24 heavy (non-hydrogen) atoms. The Morgan fingerprint density at radius 3 is 2.62 bits per heavy atom. The van der Waals surface area contributed by atoms with E-state index in [2.05, 4.69) is 6.92 Å². The highest BCUT2D eigenvalue weighted by molar-refractivity contribution is 5.88. The van der Waals surface area contributed by atoms with Crippen molar-refractivity contribution < 1.29 is 19.4 Å². The third-order valence-corrected chi connectivity index (χ3v) is 6.35. The number of aliphatic hydroxyl groups is 1. The molecule has 2 aliphatic rings. The quantitative estimate of drug-likeness (QED) is 0.487. The van der Waals surface area contributed by atoms with E-state index in [1.54, 1.807) is 19.9 Å². The van der Waals surface area contributed by atoms with Crippen molar-refractivity contribution in [3.05, 3.63) is 23.3 Å². The van der Waals surface area contributed by atoms with Crippen LogP contribution in [-0.2, 0) is 14.3 Å². The molecule has 4 heteroatoms. The van der Waals surface area contributed by atoms with Crippen molar-refractivity contribution in [3.8, 4) is 0 Å². The Bertz CT molecular complexity index is 601. The lowest BCUT2D eigenvalue weighted by atomic mass is 9.51. The van der Waals surface area contributed by atoms with Crippen LogP contribution in [-0.4, -0.2) is 28.6 Å². The van der Waals surface area contributed by atoms with Crippen LogP contribution in [0.1, 0.15) is 60.8 Å². The first-order valence-electron chi connectivity index (χ1n) is 8.84. The van der Waals surface area contributed by atoms with Gasteiger partial charge in [0.05, 0.1) is 0 Å². The van der Waals surface area contributed by atoms with E-state index in [-0.39, 0.29) is 23.0 Å². The smallest absolute Gasteiger partial charge is 0.334 e. The third-order valence-electron chi connectivity index (χ3n) is 6.35. The van der Waals surface area contributed by atoms with Crippen molar-refractivity contribution in [2.24, 2.45) is 17.3 Å². The molecule has 134 valence electrons. The van der Waals surface area contributed by atoms with E-state index in [1.165, 1.54) is 0 Å². The van der Waals surface area contributed by atoms with Gasteiger partial charge in [0.25, 0.3) is 0 Å². The Morgan fingerprint density at radius 2 is 2.08 bits per heavy atom. The highest BCUT2D eigenvalue weighted by atomic mass is 16.6. The summed E-state index contributed by atoms with van der Waals surface area (Å²) in [6.07, 6.45) is 4.49. The average molecular weight is 334 g/mol. The summed E-state index contributed by atoms with van der Waals surface area (Å²) in [4.78, 5) is 24.4. The van der Waals surface area contributed by atoms with Gasteiger partial charge in [-0.25, -0.2) is 4.79 Å². The second-order valence-corrected chi connectivity index (χ2v) is 7.90. The van der Waals surface area contributed by atoms with Crippen molar-refractivity contribution in [1.82, 2.24) is 0 Å². The van der Waals surface area contributed by atoms with Gasteiger partial charge in [-0.2, -0.15) is 0 Å².